The van der Waals surface area contributed by atoms with Gasteiger partial charge in [-0.25, -0.2) is 4.39 Å². The van der Waals surface area contributed by atoms with E-state index < -0.39 is 17.3 Å². The Bertz CT molecular complexity index is 545. The number of ether oxygens (including phenoxy) is 1. The predicted molar refractivity (Wildman–Crippen MR) is 69.3 cm³/mol. The van der Waals surface area contributed by atoms with E-state index in [1.54, 1.807) is 6.92 Å². The standard InChI is InChI=1S/C13H16FN3O2/c1-13(4-5-19-7-11(15)17-13)9-6-8(12(16)18)2-3-10(9)14/h2-3,6H,4-5,7H2,1H3,(H2,15,17)(H2,16,18)/t13-/m0/s1. The Morgan fingerprint density at radius 3 is 2.95 bits per heavy atom. The maximum absolute atomic E-state index is 14.0. The van der Waals surface area contributed by atoms with Crippen LogP contribution in [0.4, 0.5) is 4.39 Å². The van der Waals surface area contributed by atoms with Crippen LogP contribution in [0.1, 0.15) is 29.3 Å². The van der Waals surface area contributed by atoms with Crippen LogP contribution in [0.25, 0.3) is 0 Å². The molecule has 0 aliphatic carbocycles. The first-order valence-corrected chi connectivity index (χ1v) is 5.94. The van der Waals surface area contributed by atoms with E-state index in [1.807, 2.05) is 0 Å². The van der Waals surface area contributed by atoms with Crippen LogP contribution in [-0.4, -0.2) is 25.0 Å². The van der Waals surface area contributed by atoms with Crippen molar-refractivity contribution in [2.24, 2.45) is 16.5 Å². The highest BCUT2D eigenvalue weighted by Crippen LogP contribution is 2.33. The van der Waals surface area contributed by atoms with E-state index in [2.05, 4.69) is 4.99 Å². The Labute approximate surface area is 110 Å². The number of nitrogens with two attached hydrogens (primary N) is 2. The first-order valence-electron chi connectivity index (χ1n) is 5.94. The van der Waals surface area contributed by atoms with Crippen molar-refractivity contribution in [2.45, 2.75) is 18.9 Å². The van der Waals surface area contributed by atoms with Crippen molar-refractivity contribution in [3.05, 3.63) is 35.1 Å². The second-order valence-electron chi connectivity index (χ2n) is 4.74. The normalized spacial score (nSPS) is 23.6. The Hall–Kier alpha value is -1.95. The molecular weight excluding hydrogens is 249 g/mol. The number of halogens is 1. The van der Waals surface area contributed by atoms with Crippen molar-refractivity contribution in [1.29, 1.82) is 0 Å². The molecule has 19 heavy (non-hydrogen) atoms. The van der Waals surface area contributed by atoms with Crippen LogP contribution in [0.3, 0.4) is 0 Å². The average molecular weight is 265 g/mol. The number of amides is 1. The number of hydrogen-bond acceptors (Lipinski definition) is 4. The van der Waals surface area contributed by atoms with Crippen molar-refractivity contribution in [2.75, 3.05) is 13.2 Å². The fraction of sp³-hybridized carbons (Fsp3) is 0.385. The SMILES string of the molecule is C[C@@]1(c2cc(C(N)=O)ccc2F)CCOCC(N)=N1. The van der Waals surface area contributed by atoms with Gasteiger partial charge in [-0.15, -0.1) is 0 Å². The first-order chi connectivity index (χ1) is 8.92. The minimum absolute atomic E-state index is 0.229. The fourth-order valence-corrected chi connectivity index (χ4v) is 2.14. The minimum atomic E-state index is -0.851. The summed E-state index contributed by atoms with van der Waals surface area (Å²) in [5.74, 6) is -0.735. The van der Waals surface area contributed by atoms with Crippen molar-refractivity contribution in [3.63, 3.8) is 0 Å². The molecule has 0 bridgehead atoms. The summed E-state index contributed by atoms with van der Waals surface area (Å²) in [6, 6.07) is 4.00. The van der Waals surface area contributed by atoms with Gasteiger partial charge < -0.3 is 16.2 Å². The molecule has 2 rings (SSSR count). The number of carbonyl (C=O) groups is 1. The van der Waals surface area contributed by atoms with Crippen LogP contribution in [0.5, 0.6) is 0 Å². The maximum Gasteiger partial charge on any atom is 0.248 e. The summed E-state index contributed by atoms with van der Waals surface area (Å²) in [7, 11) is 0. The summed E-state index contributed by atoms with van der Waals surface area (Å²) in [6.45, 7) is 2.41. The number of aliphatic imine (C=N–C) groups is 1. The van der Waals surface area contributed by atoms with E-state index in [4.69, 9.17) is 16.2 Å². The summed E-state index contributed by atoms with van der Waals surface area (Å²) in [4.78, 5) is 15.5. The van der Waals surface area contributed by atoms with Gasteiger partial charge in [-0.05, 0) is 31.5 Å². The molecule has 1 aromatic rings. The highest BCUT2D eigenvalue weighted by Gasteiger charge is 2.31. The molecule has 0 unspecified atom stereocenters. The molecule has 0 spiro atoms. The van der Waals surface area contributed by atoms with Crippen LogP contribution < -0.4 is 11.5 Å². The zero-order valence-corrected chi connectivity index (χ0v) is 10.6. The number of primary amides is 1. The van der Waals surface area contributed by atoms with E-state index in [1.165, 1.54) is 18.2 Å². The zero-order valence-electron chi connectivity index (χ0n) is 10.6. The molecule has 1 aliphatic heterocycles. The van der Waals surface area contributed by atoms with Gasteiger partial charge in [-0.2, -0.15) is 0 Å². The Kier molecular flexibility index (Phi) is 3.53. The number of nitrogens with zero attached hydrogens (tertiary/aromatic N) is 1. The third kappa shape index (κ3) is 2.73. The quantitative estimate of drug-likeness (QED) is 0.833. The molecule has 1 heterocycles. The van der Waals surface area contributed by atoms with Crippen molar-refractivity contribution < 1.29 is 13.9 Å². The monoisotopic (exact) mass is 265 g/mol. The molecule has 0 saturated carbocycles. The molecule has 1 amide bonds. The fourth-order valence-electron chi connectivity index (χ4n) is 2.14. The molecule has 6 heteroatoms. The van der Waals surface area contributed by atoms with Crippen LogP contribution in [0.2, 0.25) is 0 Å². The lowest BCUT2D eigenvalue weighted by Gasteiger charge is -2.25. The molecule has 0 saturated heterocycles. The number of rotatable bonds is 2. The Morgan fingerprint density at radius 2 is 2.26 bits per heavy atom. The molecule has 5 nitrogen and oxygen atoms in total. The highest BCUT2D eigenvalue weighted by atomic mass is 19.1. The summed E-state index contributed by atoms with van der Waals surface area (Å²) in [6.07, 6.45) is 0.479. The molecule has 102 valence electrons. The van der Waals surface area contributed by atoms with Gasteiger partial charge in [0.05, 0.1) is 5.54 Å². The molecule has 4 N–H and O–H groups in total. The topological polar surface area (TPSA) is 90.7 Å². The lowest BCUT2D eigenvalue weighted by Crippen LogP contribution is -2.26. The molecule has 1 atom stereocenters. The Morgan fingerprint density at radius 1 is 1.53 bits per heavy atom. The van der Waals surface area contributed by atoms with E-state index >= 15 is 0 Å². The third-order valence-corrected chi connectivity index (χ3v) is 3.20. The number of amidine groups is 1. The summed E-state index contributed by atoms with van der Waals surface area (Å²) < 4.78 is 19.3. The molecule has 1 aromatic carbocycles. The summed E-state index contributed by atoms with van der Waals surface area (Å²) >= 11 is 0. The van der Waals surface area contributed by atoms with Gasteiger partial charge in [-0.1, -0.05) is 0 Å². The first kappa shape index (κ1) is 13.5. The highest BCUT2D eigenvalue weighted by molar-refractivity contribution is 5.93. The number of hydrogen-bond donors (Lipinski definition) is 2. The average Bonchev–Trinajstić information content (AvgIpc) is 2.51. The van der Waals surface area contributed by atoms with Gasteiger partial charge in [0.15, 0.2) is 0 Å². The zero-order chi connectivity index (χ0) is 14.0. The van der Waals surface area contributed by atoms with Crippen LogP contribution in [0.15, 0.2) is 23.2 Å². The van der Waals surface area contributed by atoms with Crippen LogP contribution >= 0.6 is 0 Å². The minimum Gasteiger partial charge on any atom is -0.386 e. The Balaban J connectivity index is 2.52. The summed E-state index contributed by atoms with van der Waals surface area (Å²) in [5.41, 5.74) is 10.6. The molecule has 0 radical (unpaired) electrons. The molecular formula is C13H16FN3O2. The van der Waals surface area contributed by atoms with Crippen LogP contribution in [-0.2, 0) is 10.3 Å². The third-order valence-electron chi connectivity index (χ3n) is 3.20. The molecule has 1 aliphatic rings. The van der Waals surface area contributed by atoms with Gasteiger partial charge >= 0.3 is 0 Å². The van der Waals surface area contributed by atoms with Crippen molar-refractivity contribution >= 4 is 11.7 Å². The number of carbonyl (C=O) groups excluding carboxylic acids is 1. The largest absolute Gasteiger partial charge is 0.386 e. The second kappa shape index (κ2) is 4.97. The molecule has 0 fully saturated rings. The summed E-state index contributed by atoms with van der Waals surface area (Å²) in [5, 5.41) is 0. The van der Waals surface area contributed by atoms with Gasteiger partial charge in [0, 0.05) is 17.7 Å². The second-order valence-corrected chi connectivity index (χ2v) is 4.74. The van der Waals surface area contributed by atoms with Crippen molar-refractivity contribution in [1.82, 2.24) is 0 Å². The molecule has 0 aromatic heterocycles. The van der Waals surface area contributed by atoms with E-state index in [0.29, 0.717) is 24.4 Å². The number of benzene rings is 1. The van der Waals surface area contributed by atoms with Crippen molar-refractivity contribution in [3.8, 4) is 0 Å². The van der Waals surface area contributed by atoms with E-state index in [9.17, 15) is 9.18 Å². The van der Waals surface area contributed by atoms with Gasteiger partial charge in [0.1, 0.15) is 18.3 Å². The van der Waals surface area contributed by atoms with E-state index in [0.717, 1.165) is 0 Å². The van der Waals surface area contributed by atoms with Gasteiger partial charge in [-0.3, -0.25) is 9.79 Å². The lowest BCUT2D eigenvalue weighted by atomic mass is 9.88. The lowest BCUT2D eigenvalue weighted by molar-refractivity contribution is 0.1000. The maximum atomic E-state index is 14.0. The van der Waals surface area contributed by atoms with E-state index in [-0.39, 0.29) is 12.2 Å². The predicted octanol–water partition coefficient (Wildman–Crippen LogP) is 0.917. The van der Waals surface area contributed by atoms with Crippen LogP contribution in [0, 0.1) is 5.82 Å². The van der Waals surface area contributed by atoms with Gasteiger partial charge in [0.2, 0.25) is 5.91 Å². The smallest absolute Gasteiger partial charge is 0.248 e. The van der Waals surface area contributed by atoms with Gasteiger partial charge in [0.25, 0.3) is 0 Å².